The van der Waals surface area contributed by atoms with Gasteiger partial charge >= 0.3 is 5.97 Å². The van der Waals surface area contributed by atoms with Crippen LogP contribution in [0.4, 0.5) is 0 Å². The molecule has 0 bridgehead atoms. The molecule has 0 aliphatic carbocycles. The summed E-state index contributed by atoms with van der Waals surface area (Å²) in [6.07, 6.45) is 3.97. The Balaban J connectivity index is 0.000000221. The third-order valence-corrected chi connectivity index (χ3v) is 3.98. The molecule has 0 aromatic heterocycles. The molecule has 2 aromatic rings. The Labute approximate surface area is 165 Å². The molecule has 0 saturated carbocycles. The summed E-state index contributed by atoms with van der Waals surface area (Å²) in [6.45, 7) is 2.86. The van der Waals surface area contributed by atoms with Crippen molar-refractivity contribution in [3.63, 3.8) is 0 Å². The number of rotatable bonds is 6. The summed E-state index contributed by atoms with van der Waals surface area (Å²) < 4.78 is 26.2. The maximum Gasteiger partial charge on any atom is 0.338 e. The fraction of sp³-hybridized carbons (Fsp3) is 0.318. The van der Waals surface area contributed by atoms with Crippen LogP contribution in [-0.2, 0) is 9.47 Å². The fourth-order valence-corrected chi connectivity index (χ4v) is 2.66. The van der Waals surface area contributed by atoms with E-state index in [-0.39, 0.29) is 12.1 Å². The first-order valence-corrected chi connectivity index (χ1v) is 8.94. The summed E-state index contributed by atoms with van der Waals surface area (Å²) >= 11 is 0. The Morgan fingerprint density at radius 1 is 1.04 bits per heavy atom. The Bertz CT molecular complexity index is 760. The highest BCUT2D eigenvalue weighted by Gasteiger charge is 2.19. The normalized spacial score (nSPS) is 14.6. The van der Waals surface area contributed by atoms with Crippen molar-refractivity contribution in [2.75, 3.05) is 34.5 Å². The van der Waals surface area contributed by atoms with E-state index in [2.05, 4.69) is 0 Å². The number of carbonyl (C=O) groups is 1. The maximum absolute atomic E-state index is 11.0. The average Bonchev–Trinajstić information content (AvgIpc) is 3.29. The average molecular weight is 386 g/mol. The van der Waals surface area contributed by atoms with Gasteiger partial charge in [0.2, 0.25) is 5.75 Å². The lowest BCUT2D eigenvalue weighted by Gasteiger charge is -2.16. The molecule has 1 aliphatic rings. The third-order valence-electron chi connectivity index (χ3n) is 3.98. The smallest absolute Gasteiger partial charge is 0.338 e. The van der Waals surface area contributed by atoms with Crippen LogP contribution >= 0.6 is 0 Å². The van der Waals surface area contributed by atoms with Crippen LogP contribution in [0.3, 0.4) is 0 Å². The van der Waals surface area contributed by atoms with E-state index in [0.717, 1.165) is 5.56 Å². The van der Waals surface area contributed by atoms with Gasteiger partial charge in [-0.2, -0.15) is 0 Å². The second-order valence-electron chi connectivity index (χ2n) is 5.73. The summed E-state index contributed by atoms with van der Waals surface area (Å²) in [5.74, 6) is 1.63. The number of carbonyl (C=O) groups excluding carboxylic acids is 1. The Hall–Kier alpha value is -2.99. The molecule has 0 fully saturated rings. The molecule has 28 heavy (non-hydrogen) atoms. The fourth-order valence-electron chi connectivity index (χ4n) is 2.66. The number of ether oxygens (including phenoxy) is 5. The van der Waals surface area contributed by atoms with Gasteiger partial charge in [0.1, 0.15) is 6.10 Å². The molecule has 6 heteroatoms. The SMILES string of the molecule is CCOC(=O)c1ccccc1.COc1cc([C@@H]2C=CCO2)cc(OC)c1OC. The van der Waals surface area contributed by atoms with Crippen molar-refractivity contribution in [2.24, 2.45) is 0 Å². The molecule has 0 N–H and O–H groups in total. The largest absolute Gasteiger partial charge is 0.493 e. The summed E-state index contributed by atoms with van der Waals surface area (Å²) in [5, 5.41) is 0. The molecule has 0 amide bonds. The van der Waals surface area contributed by atoms with Gasteiger partial charge in [-0.3, -0.25) is 0 Å². The molecular formula is C22H26O6. The minimum Gasteiger partial charge on any atom is -0.493 e. The minimum atomic E-state index is -0.256. The van der Waals surface area contributed by atoms with Gasteiger partial charge in [-0.25, -0.2) is 4.79 Å². The van der Waals surface area contributed by atoms with E-state index in [1.54, 1.807) is 40.4 Å². The zero-order valence-electron chi connectivity index (χ0n) is 16.6. The van der Waals surface area contributed by atoms with Gasteiger partial charge < -0.3 is 23.7 Å². The van der Waals surface area contributed by atoms with E-state index in [0.29, 0.717) is 36.0 Å². The molecule has 0 unspecified atom stereocenters. The van der Waals surface area contributed by atoms with Gasteiger partial charge in [0.05, 0.1) is 40.1 Å². The topological polar surface area (TPSA) is 63.2 Å². The number of esters is 1. The van der Waals surface area contributed by atoms with E-state index < -0.39 is 0 Å². The second-order valence-corrected chi connectivity index (χ2v) is 5.73. The van der Waals surface area contributed by atoms with E-state index >= 15 is 0 Å². The van der Waals surface area contributed by atoms with Crippen molar-refractivity contribution in [3.8, 4) is 17.2 Å². The summed E-state index contributed by atoms with van der Waals surface area (Å²) in [4.78, 5) is 11.0. The Morgan fingerprint density at radius 3 is 2.14 bits per heavy atom. The van der Waals surface area contributed by atoms with Crippen molar-refractivity contribution in [1.29, 1.82) is 0 Å². The second kappa shape index (κ2) is 11.0. The van der Waals surface area contributed by atoms with Crippen LogP contribution in [0.25, 0.3) is 0 Å². The van der Waals surface area contributed by atoms with Crippen LogP contribution in [0.5, 0.6) is 17.2 Å². The zero-order valence-corrected chi connectivity index (χ0v) is 16.6. The molecule has 150 valence electrons. The monoisotopic (exact) mass is 386 g/mol. The minimum absolute atomic E-state index is 0.0382. The molecule has 1 aliphatic heterocycles. The first kappa shape index (κ1) is 21.3. The van der Waals surface area contributed by atoms with Crippen molar-refractivity contribution >= 4 is 5.97 Å². The molecular weight excluding hydrogens is 360 g/mol. The highest BCUT2D eigenvalue weighted by Crippen LogP contribution is 2.40. The molecule has 1 atom stereocenters. The number of benzene rings is 2. The van der Waals surface area contributed by atoms with E-state index in [1.165, 1.54) is 0 Å². The van der Waals surface area contributed by atoms with Gasteiger partial charge in [-0.1, -0.05) is 30.4 Å². The van der Waals surface area contributed by atoms with Crippen LogP contribution < -0.4 is 14.2 Å². The predicted molar refractivity (Wildman–Crippen MR) is 106 cm³/mol. The molecule has 3 rings (SSSR count). The van der Waals surface area contributed by atoms with Gasteiger partial charge in [0, 0.05) is 0 Å². The quantitative estimate of drug-likeness (QED) is 0.548. The number of hydrogen-bond acceptors (Lipinski definition) is 6. The maximum atomic E-state index is 11.0. The van der Waals surface area contributed by atoms with Crippen LogP contribution in [0, 0.1) is 0 Å². The molecule has 0 saturated heterocycles. The molecule has 0 spiro atoms. The third kappa shape index (κ3) is 5.50. The lowest BCUT2D eigenvalue weighted by atomic mass is 10.1. The molecule has 2 aromatic carbocycles. The van der Waals surface area contributed by atoms with Gasteiger partial charge in [-0.15, -0.1) is 0 Å². The predicted octanol–water partition coefficient (Wildman–Crippen LogP) is 4.20. The Morgan fingerprint density at radius 2 is 1.68 bits per heavy atom. The van der Waals surface area contributed by atoms with E-state index in [1.807, 2.05) is 42.5 Å². The van der Waals surface area contributed by atoms with E-state index in [9.17, 15) is 4.79 Å². The van der Waals surface area contributed by atoms with Crippen molar-refractivity contribution in [2.45, 2.75) is 13.0 Å². The van der Waals surface area contributed by atoms with Crippen LogP contribution in [-0.4, -0.2) is 40.5 Å². The molecule has 1 heterocycles. The lowest BCUT2D eigenvalue weighted by Crippen LogP contribution is -2.03. The number of methoxy groups -OCH3 is 3. The van der Waals surface area contributed by atoms with E-state index in [4.69, 9.17) is 23.7 Å². The van der Waals surface area contributed by atoms with Crippen molar-refractivity contribution in [1.82, 2.24) is 0 Å². The van der Waals surface area contributed by atoms with Gasteiger partial charge in [0.25, 0.3) is 0 Å². The van der Waals surface area contributed by atoms with Crippen molar-refractivity contribution in [3.05, 3.63) is 65.7 Å². The number of hydrogen-bond donors (Lipinski definition) is 0. The molecule has 0 radical (unpaired) electrons. The van der Waals surface area contributed by atoms with Crippen LogP contribution in [0.2, 0.25) is 0 Å². The summed E-state index contributed by atoms with van der Waals surface area (Å²) in [5.41, 5.74) is 1.60. The highest BCUT2D eigenvalue weighted by atomic mass is 16.5. The molecule has 6 nitrogen and oxygen atoms in total. The van der Waals surface area contributed by atoms with Crippen molar-refractivity contribution < 1.29 is 28.5 Å². The summed E-state index contributed by atoms with van der Waals surface area (Å²) in [7, 11) is 4.80. The Kier molecular flexibility index (Phi) is 8.37. The first-order chi connectivity index (χ1) is 13.6. The lowest BCUT2D eigenvalue weighted by molar-refractivity contribution is 0.0526. The van der Waals surface area contributed by atoms with Crippen LogP contribution in [0.1, 0.15) is 28.9 Å². The summed E-state index contributed by atoms with van der Waals surface area (Å²) in [6, 6.07) is 12.8. The van der Waals surface area contributed by atoms with Gasteiger partial charge in [-0.05, 0) is 36.8 Å². The zero-order chi connectivity index (χ0) is 20.4. The standard InChI is InChI=1S/C13H16O4.C9H10O2/c1-14-11-7-9(10-5-4-6-17-10)8-12(15-2)13(11)16-3;1-2-11-9(10)8-6-4-3-5-7-8/h4-5,7-8,10H,6H2,1-3H3;3-7H,2H2,1H3/t10-;/m0./s1. The van der Waals surface area contributed by atoms with Crippen LogP contribution in [0.15, 0.2) is 54.6 Å². The first-order valence-electron chi connectivity index (χ1n) is 8.94. The van der Waals surface area contributed by atoms with Gasteiger partial charge in [0.15, 0.2) is 11.5 Å². The highest BCUT2D eigenvalue weighted by molar-refractivity contribution is 5.89.